The number of hydrogen-bond acceptors (Lipinski definition) is 7. The minimum absolute atomic E-state index is 0.371. The highest BCUT2D eigenvalue weighted by Crippen LogP contribution is 2.25. The van der Waals surface area contributed by atoms with E-state index in [4.69, 9.17) is 0 Å². The van der Waals surface area contributed by atoms with E-state index in [1.165, 1.54) is 37.8 Å². The lowest BCUT2D eigenvalue weighted by molar-refractivity contribution is 0.432. The van der Waals surface area contributed by atoms with Crippen LogP contribution in [0, 0.1) is 5.82 Å². The second-order valence-corrected chi connectivity index (χ2v) is 7.60. The predicted molar refractivity (Wildman–Crippen MR) is 108 cm³/mol. The number of nitrogens with zero attached hydrogens (tertiary/aromatic N) is 4. The number of hydrogen-bond donors (Lipinski definition) is 3. The second-order valence-electron chi connectivity index (χ2n) is 7.60. The monoisotopic (exact) mass is 386 g/mol. The highest BCUT2D eigenvalue weighted by Gasteiger charge is 2.19. The first-order valence-electron chi connectivity index (χ1n) is 10.2. The Hall–Kier alpha value is -2.64. The fourth-order valence-corrected chi connectivity index (χ4v) is 3.86. The van der Waals surface area contributed by atoms with Crippen molar-refractivity contribution in [1.82, 2.24) is 15.0 Å². The van der Waals surface area contributed by atoms with E-state index >= 15 is 0 Å². The molecule has 28 heavy (non-hydrogen) atoms. The molecule has 0 spiro atoms. The standard InChI is InChI=1S/C20H27FN6O/c21-16-13-15(9-10-17(16)28)23-19-24-18(22-14-7-3-1-2-4-8-14)25-20(26-19)27-11-5-6-12-27/h9-10,13-14,28H,1-8,11-12H2,(H2,22,23,24,25,26). The van der Waals surface area contributed by atoms with Crippen molar-refractivity contribution >= 4 is 23.5 Å². The van der Waals surface area contributed by atoms with Gasteiger partial charge in [0.05, 0.1) is 0 Å². The molecule has 1 aromatic carbocycles. The van der Waals surface area contributed by atoms with E-state index in [-0.39, 0.29) is 5.75 Å². The summed E-state index contributed by atoms with van der Waals surface area (Å²) >= 11 is 0. The van der Waals surface area contributed by atoms with Crippen LogP contribution in [0.5, 0.6) is 5.75 Å². The van der Waals surface area contributed by atoms with Gasteiger partial charge in [-0.2, -0.15) is 15.0 Å². The summed E-state index contributed by atoms with van der Waals surface area (Å²) in [5, 5.41) is 15.9. The Balaban J connectivity index is 1.58. The van der Waals surface area contributed by atoms with Crippen molar-refractivity contribution in [3.8, 4) is 5.75 Å². The average Bonchev–Trinajstić information content (AvgIpc) is 3.11. The Morgan fingerprint density at radius 2 is 1.64 bits per heavy atom. The molecule has 3 N–H and O–H groups in total. The highest BCUT2D eigenvalue weighted by molar-refractivity contribution is 5.57. The largest absolute Gasteiger partial charge is 0.505 e. The Morgan fingerprint density at radius 3 is 2.36 bits per heavy atom. The first kappa shape index (κ1) is 18.7. The zero-order valence-electron chi connectivity index (χ0n) is 16.0. The molecule has 0 unspecified atom stereocenters. The lowest BCUT2D eigenvalue weighted by Gasteiger charge is -2.20. The van der Waals surface area contributed by atoms with Crippen molar-refractivity contribution < 1.29 is 9.50 Å². The van der Waals surface area contributed by atoms with E-state index in [9.17, 15) is 9.50 Å². The number of rotatable bonds is 5. The molecular formula is C20H27FN6O. The van der Waals surface area contributed by atoms with Crippen LogP contribution in [0.15, 0.2) is 18.2 Å². The lowest BCUT2D eigenvalue weighted by atomic mass is 10.1. The number of phenols is 1. The molecular weight excluding hydrogens is 359 g/mol. The number of phenolic OH excluding ortho intramolecular Hbond substituents is 1. The summed E-state index contributed by atoms with van der Waals surface area (Å²) in [6, 6.07) is 4.50. The van der Waals surface area contributed by atoms with Gasteiger partial charge in [-0.25, -0.2) is 4.39 Å². The van der Waals surface area contributed by atoms with E-state index in [0.717, 1.165) is 38.8 Å². The second kappa shape index (κ2) is 8.58. The number of nitrogens with one attached hydrogen (secondary N) is 2. The maximum absolute atomic E-state index is 13.7. The number of halogens is 1. The number of benzene rings is 1. The van der Waals surface area contributed by atoms with E-state index in [1.807, 2.05) is 0 Å². The fourth-order valence-electron chi connectivity index (χ4n) is 3.86. The van der Waals surface area contributed by atoms with Gasteiger partial charge in [-0.05, 0) is 37.8 Å². The molecule has 2 aromatic rings. The third-order valence-electron chi connectivity index (χ3n) is 5.40. The Morgan fingerprint density at radius 1 is 0.929 bits per heavy atom. The van der Waals surface area contributed by atoms with E-state index in [1.54, 1.807) is 6.07 Å². The topological polar surface area (TPSA) is 86.2 Å². The summed E-state index contributed by atoms with van der Waals surface area (Å²) in [5.41, 5.74) is 0.481. The molecule has 1 aliphatic heterocycles. The van der Waals surface area contributed by atoms with Crippen molar-refractivity contribution in [1.29, 1.82) is 0 Å². The molecule has 2 fully saturated rings. The van der Waals surface area contributed by atoms with Crippen molar-refractivity contribution in [3.05, 3.63) is 24.0 Å². The molecule has 8 heteroatoms. The summed E-state index contributed by atoms with van der Waals surface area (Å²) in [7, 11) is 0. The van der Waals surface area contributed by atoms with E-state index in [0.29, 0.717) is 29.6 Å². The van der Waals surface area contributed by atoms with Gasteiger partial charge in [-0.3, -0.25) is 0 Å². The van der Waals surface area contributed by atoms with Crippen LogP contribution in [-0.4, -0.2) is 39.2 Å². The van der Waals surface area contributed by atoms with E-state index in [2.05, 4.69) is 30.5 Å². The molecule has 2 heterocycles. The molecule has 1 saturated carbocycles. The van der Waals surface area contributed by atoms with Gasteiger partial charge in [0.25, 0.3) is 0 Å². The number of aromatic hydroxyl groups is 1. The summed E-state index contributed by atoms with van der Waals surface area (Å²) in [6.45, 7) is 1.86. The molecule has 2 aliphatic rings. The van der Waals surface area contributed by atoms with Gasteiger partial charge < -0.3 is 20.6 Å². The third-order valence-corrected chi connectivity index (χ3v) is 5.40. The summed E-state index contributed by atoms with van der Waals surface area (Å²) in [5.74, 6) is 0.513. The Kier molecular flexibility index (Phi) is 5.73. The number of anilines is 4. The number of aromatic nitrogens is 3. The van der Waals surface area contributed by atoms with Crippen LogP contribution in [0.25, 0.3) is 0 Å². The SMILES string of the molecule is Oc1ccc(Nc2nc(NC3CCCCCC3)nc(N3CCCC3)n2)cc1F. The summed E-state index contributed by atoms with van der Waals surface area (Å²) in [4.78, 5) is 15.9. The Bertz CT molecular complexity index is 803. The van der Waals surface area contributed by atoms with Crippen molar-refractivity contribution in [2.75, 3.05) is 28.6 Å². The smallest absolute Gasteiger partial charge is 0.233 e. The highest BCUT2D eigenvalue weighted by atomic mass is 19.1. The molecule has 150 valence electrons. The van der Waals surface area contributed by atoms with Crippen molar-refractivity contribution in [2.45, 2.75) is 57.4 Å². The van der Waals surface area contributed by atoms with Gasteiger partial charge in [0.1, 0.15) is 0 Å². The quantitative estimate of drug-likeness (QED) is 0.524. The van der Waals surface area contributed by atoms with Crippen LogP contribution in [-0.2, 0) is 0 Å². The molecule has 0 atom stereocenters. The minimum atomic E-state index is -0.685. The zero-order chi connectivity index (χ0) is 19.3. The molecule has 1 aliphatic carbocycles. The minimum Gasteiger partial charge on any atom is -0.505 e. The maximum Gasteiger partial charge on any atom is 0.233 e. The normalized spacial score (nSPS) is 18.1. The fraction of sp³-hybridized carbons (Fsp3) is 0.550. The van der Waals surface area contributed by atoms with Crippen LogP contribution in [0.2, 0.25) is 0 Å². The average molecular weight is 386 g/mol. The van der Waals surface area contributed by atoms with Gasteiger partial charge in [0.2, 0.25) is 17.8 Å². The molecule has 0 bridgehead atoms. The van der Waals surface area contributed by atoms with Crippen LogP contribution >= 0.6 is 0 Å². The van der Waals surface area contributed by atoms with Crippen LogP contribution in [0.4, 0.5) is 27.9 Å². The lowest BCUT2D eigenvalue weighted by Crippen LogP contribution is -2.24. The van der Waals surface area contributed by atoms with Gasteiger partial charge in [0, 0.05) is 30.9 Å². The third kappa shape index (κ3) is 4.61. The van der Waals surface area contributed by atoms with Gasteiger partial charge in [0.15, 0.2) is 11.6 Å². The van der Waals surface area contributed by atoms with Crippen molar-refractivity contribution in [3.63, 3.8) is 0 Å². The first-order valence-corrected chi connectivity index (χ1v) is 10.2. The van der Waals surface area contributed by atoms with Crippen LogP contribution in [0.3, 0.4) is 0 Å². The molecule has 0 radical (unpaired) electrons. The van der Waals surface area contributed by atoms with Gasteiger partial charge >= 0.3 is 0 Å². The van der Waals surface area contributed by atoms with Crippen LogP contribution in [0.1, 0.15) is 51.4 Å². The summed E-state index contributed by atoms with van der Waals surface area (Å²) in [6.07, 6.45) is 9.51. The first-order chi connectivity index (χ1) is 13.7. The predicted octanol–water partition coefficient (Wildman–Crippen LogP) is 4.19. The Labute approximate surface area is 164 Å². The molecule has 4 rings (SSSR count). The van der Waals surface area contributed by atoms with Crippen molar-refractivity contribution in [2.24, 2.45) is 0 Å². The molecule has 1 saturated heterocycles. The molecule has 0 amide bonds. The van der Waals surface area contributed by atoms with E-state index < -0.39 is 5.82 Å². The summed E-state index contributed by atoms with van der Waals surface area (Å²) < 4.78 is 13.7. The van der Waals surface area contributed by atoms with Gasteiger partial charge in [-0.15, -0.1) is 0 Å². The van der Waals surface area contributed by atoms with Gasteiger partial charge in [-0.1, -0.05) is 25.7 Å². The molecule has 1 aromatic heterocycles. The maximum atomic E-state index is 13.7. The molecule has 7 nitrogen and oxygen atoms in total. The van der Waals surface area contributed by atoms with Crippen LogP contribution < -0.4 is 15.5 Å². The zero-order valence-corrected chi connectivity index (χ0v) is 16.0.